The fourth-order valence-corrected chi connectivity index (χ4v) is 7.66. The van der Waals surface area contributed by atoms with Gasteiger partial charge in [-0.2, -0.15) is 0 Å². The predicted molar refractivity (Wildman–Crippen MR) is 145 cm³/mol. The largest absolute Gasteiger partial charge is 0.302 e. The molecule has 176 valence electrons. The highest BCUT2D eigenvalue weighted by Gasteiger charge is 2.42. The molecule has 6 nitrogen and oxygen atoms in total. The molecule has 35 heavy (non-hydrogen) atoms. The van der Waals surface area contributed by atoms with Crippen molar-refractivity contribution in [3.63, 3.8) is 0 Å². The summed E-state index contributed by atoms with van der Waals surface area (Å²) in [6.45, 7) is 2.04. The number of aromatic nitrogens is 3. The molecule has 9 heteroatoms. The molecule has 0 saturated heterocycles. The van der Waals surface area contributed by atoms with E-state index < -0.39 is 4.75 Å². The molecule has 0 radical (unpaired) electrons. The van der Waals surface area contributed by atoms with Crippen LogP contribution >= 0.6 is 34.9 Å². The van der Waals surface area contributed by atoms with Crippen LogP contribution in [0.5, 0.6) is 0 Å². The predicted octanol–water partition coefficient (Wildman–Crippen LogP) is 5.67. The van der Waals surface area contributed by atoms with Gasteiger partial charge < -0.3 is 5.32 Å². The molecule has 6 rings (SSSR count). The number of nitrogens with one attached hydrogen (secondary N) is 1. The summed E-state index contributed by atoms with van der Waals surface area (Å²) in [5.41, 5.74) is 3.59. The summed E-state index contributed by atoms with van der Waals surface area (Å²) < 4.78 is 2.09. The number of amides is 1. The molecule has 2 aromatic heterocycles. The number of fused-ring (bicyclic) bond motifs is 2. The number of allylic oxidation sites excluding steroid dienone is 1. The van der Waals surface area contributed by atoms with Crippen LogP contribution in [0.25, 0.3) is 15.9 Å². The lowest BCUT2D eigenvalue weighted by Gasteiger charge is -2.30. The molecule has 0 spiro atoms. The van der Waals surface area contributed by atoms with Gasteiger partial charge in [0.2, 0.25) is 5.91 Å². The normalized spacial score (nSPS) is 18.8. The maximum Gasteiger partial charge on any atom is 0.272 e. The second-order valence-corrected chi connectivity index (χ2v) is 12.1. The molecule has 0 aliphatic carbocycles. The number of carbonyl (C=O) groups excluding carboxylic acids is 1. The highest BCUT2D eigenvalue weighted by atomic mass is 32.2. The number of para-hydroxylation sites is 1. The van der Waals surface area contributed by atoms with E-state index in [4.69, 9.17) is 4.98 Å². The summed E-state index contributed by atoms with van der Waals surface area (Å²) in [7, 11) is 0. The Morgan fingerprint density at radius 3 is 2.83 bits per heavy atom. The minimum Gasteiger partial charge on any atom is -0.302 e. The maximum atomic E-state index is 13.6. The minimum absolute atomic E-state index is 0.0486. The second-order valence-electron chi connectivity index (χ2n) is 8.69. The Hall–Kier alpha value is -2.88. The maximum absolute atomic E-state index is 13.6. The third kappa shape index (κ3) is 4.11. The van der Waals surface area contributed by atoms with E-state index in [0.29, 0.717) is 17.4 Å². The first-order valence-electron chi connectivity index (χ1n) is 11.4. The highest BCUT2D eigenvalue weighted by Crippen LogP contribution is 2.48. The molecule has 2 aliphatic rings. The van der Waals surface area contributed by atoms with E-state index in [9.17, 15) is 9.59 Å². The van der Waals surface area contributed by atoms with Crippen LogP contribution in [0.15, 0.2) is 69.7 Å². The van der Waals surface area contributed by atoms with Crippen molar-refractivity contribution in [1.82, 2.24) is 14.5 Å². The minimum atomic E-state index is -0.672. The SMILES string of the molecule is Cc1ccc2nc(NC(=O)CC3(c4nc5c(c(=O)n4-c4ccccc4)SCC5)CC=CS3)sc2c1. The van der Waals surface area contributed by atoms with Gasteiger partial charge in [-0.05, 0) is 48.6 Å². The Bertz CT molecular complexity index is 1530. The van der Waals surface area contributed by atoms with Crippen molar-refractivity contribution >= 4 is 56.1 Å². The number of thioether (sulfide) groups is 2. The van der Waals surface area contributed by atoms with Crippen LogP contribution in [0, 0.1) is 6.92 Å². The first-order valence-corrected chi connectivity index (χ1v) is 14.1. The first-order chi connectivity index (χ1) is 17.0. The summed E-state index contributed by atoms with van der Waals surface area (Å²) in [6, 6.07) is 15.7. The monoisotopic (exact) mass is 518 g/mol. The van der Waals surface area contributed by atoms with E-state index in [2.05, 4.69) is 22.4 Å². The standard InChI is InChI=1S/C26H22N4O2S3/c1-16-8-9-18-20(14-16)35-25(28-18)29-21(31)15-26(11-5-12-34-26)24-27-19-10-13-33-22(19)23(32)30(24)17-6-3-2-4-7-17/h2-9,12,14H,10-11,13,15H2,1H3,(H,28,29,31). The molecular weight excluding hydrogens is 497 g/mol. The first kappa shape index (κ1) is 22.6. The Balaban J connectivity index is 1.39. The van der Waals surface area contributed by atoms with Crippen LogP contribution < -0.4 is 10.9 Å². The Labute approximate surface area is 214 Å². The summed E-state index contributed by atoms with van der Waals surface area (Å²) in [4.78, 5) is 37.3. The number of hydrogen-bond acceptors (Lipinski definition) is 7. The van der Waals surface area contributed by atoms with E-state index in [1.165, 1.54) is 11.3 Å². The molecule has 0 saturated carbocycles. The number of nitrogens with zero attached hydrogens (tertiary/aromatic N) is 3. The van der Waals surface area contributed by atoms with Gasteiger partial charge in [-0.1, -0.05) is 41.7 Å². The van der Waals surface area contributed by atoms with Crippen LogP contribution in [-0.2, 0) is 16.0 Å². The van der Waals surface area contributed by atoms with Crippen molar-refractivity contribution in [3.05, 3.63) is 87.5 Å². The molecular formula is C26H22N4O2S3. The quantitative estimate of drug-likeness (QED) is 0.367. The van der Waals surface area contributed by atoms with Crippen LogP contribution in [0.1, 0.15) is 29.9 Å². The number of rotatable bonds is 5. The van der Waals surface area contributed by atoms with Gasteiger partial charge in [-0.25, -0.2) is 9.97 Å². The van der Waals surface area contributed by atoms with Gasteiger partial charge in [-0.15, -0.1) is 23.5 Å². The molecule has 1 unspecified atom stereocenters. The Morgan fingerprint density at radius 1 is 1.17 bits per heavy atom. The molecule has 0 fully saturated rings. The Kier molecular flexibility index (Phi) is 5.78. The fraction of sp³-hybridized carbons (Fsp3) is 0.231. The smallest absolute Gasteiger partial charge is 0.272 e. The van der Waals surface area contributed by atoms with E-state index in [0.717, 1.165) is 44.2 Å². The van der Waals surface area contributed by atoms with Crippen molar-refractivity contribution in [3.8, 4) is 5.69 Å². The summed E-state index contributed by atoms with van der Waals surface area (Å²) >= 11 is 4.60. The number of hydrogen-bond donors (Lipinski definition) is 1. The molecule has 2 aromatic carbocycles. The van der Waals surface area contributed by atoms with Crippen LogP contribution in [0.2, 0.25) is 0 Å². The molecule has 4 heterocycles. The highest BCUT2D eigenvalue weighted by molar-refractivity contribution is 8.03. The average molecular weight is 519 g/mol. The van der Waals surface area contributed by atoms with Crippen molar-refractivity contribution < 1.29 is 4.79 Å². The number of carbonyl (C=O) groups is 1. The van der Waals surface area contributed by atoms with Crippen LogP contribution in [0.4, 0.5) is 5.13 Å². The van der Waals surface area contributed by atoms with Crippen LogP contribution in [-0.4, -0.2) is 26.2 Å². The van der Waals surface area contributed by atoms with Crippen LogP contribution in [0.3, 0.4) is 0 Å². The molecule has 1 atom stereocenters. The Morgan fingerprint density at radius 2 is 2.03 bits per heavy atom. The van der Waals surface area contributed by atoms with Gasteiger partial charge in [0.1, 0.15) is 5.82 Å². The van der Waals surface area contributed by atoms with E-state index in [1.807, 2.05) is 54.8 Å². The second kappa shape index (κ2) is 8.96. The van der Waals surface area contributed by atoms with Gasteiger partial charge in [0.15, 0.2) is 5.13 Å². The lowest BCUT2D eigenvalue weighted by atomic mass is 9.97. The third-order valence-electron chi connectivity index (χ3n) is 6.19. The van der Waals surface area contributed by atoms with Crippen molar-refractivity contribution in [2.24, 2.45) is 0 Å². The molecule has 2 aliphatic heterocycles. The third-order valence-corrected chi connectivity index (χ3v) is 9.51. The lowest BCUT2D eigenvalue weighted by molar-refractivity contribution is -0.116. The van der Waals surface area contributed by atoms with Crippen molar-refractivity contribution in [2.75, 3.05) is 11.1 Å². The summed E-state index contributed by atoms with van der Waals surface area (Å²) in [5.74, 6) is 1.35. The number of aryl methyl sites for hydroxylation is 2. The average Bonchev–Trinajstić information content (AvgIpc) is 3.59. The number of benzene rings is 2. The summed E-state index contributed by atoms with van der Waals surface area (Å²) in [5, 5.41) is 5.60. The van der Waals surface area contributed by atoms with Gasteiger partial charge in [0.05, 0.1) is 31.2 Å². The van der Waals surface area contributed by atoms with Gasteiger partial charge in [0.25, 0.3) is 5.56 Å². The molecule has 0 bridgehead atoms. The zero-order valence-corrected chi connectivity index (χ0v) is 21.4. The zero-order valence-electron chi connectivity index (χ0n) is 19.0. The van der Waals surface area contributed by atoms with E-state index >= 15 is 0 Å². The van der Waals surface area contributed by atoms with Gasteiger partial charge >= 0.3 is 0 Å². The fourth-order valence-electron chi connectivity index (χ4n) is 4.55. The van der Waals surface area contributed by atoms with Gasteiger partial charge in [-0.3, -0.25) is 14.2 Å². The number of anilines is 1. The topological polar surface area (TPSA) is 76.9 Å². The van der Waals surface area contributed by atoms with E-state index in [1.54, 1.807) is 28.1 Å². The van der Waals surface area contributed by atoms with Crippen molar-refractivity contribution in [2.45, 2.75) is 35.8 Å². The molecule has 1 amide bonds. The molecule has 1 N–H and O–H groups in total. The van der Waals surface area contributed by atoms with Gasteiger partial charge in [0, 0.05) is 18.6 Å². The number of thiazole rings is 1. The van der Waals surface area contributed by atoms with E-state index in [-0.39, 0.29) is 17.9 Å². The van der Waals surface area contributed by atoms with Crippen molar-refractivity contribution in [1.29, 1.82) is 0 Å². The summed E-state index contributed by atoms with van der Waals surface area (Å²) in [6.07, 6.45) is 3.63. The zero-order chi connectivity index (χ0) is 24.0. The molecule has 4 aromatic rings. The lowest BCUT2D eigenvalue weighted by Crippen LogP contribution is -2.36.